The first-order valence-corrected chi connectivity index (χ1v) is 7.17. The average Bonchev–Trinajstić information content (AvgIpc) is 2.16. The molecule has 0 fully saturated rings. The maximum absolute atomic E-state index is 5.72. The molecule has 1 unspecified atom stereocenters. The zero-order valence-corrected chi connectivity index (χ0v) is 8.88. The summed E-state index contributed by atoms with van der Waals surface area (Å²) in [4.78, 5) is 0. The predicted molar refractivity (Wildman–Crippen MR) is 55.8 cm³/mol. The van der Waals surface area contributed by atoms with Gasteiger partial charge in [0, 0.05) is 7.11 Å². The lowest BCUT2D eigenvalue weighted by atomic mass is 10.4. The van der Waals surface area contributed by atoms with Crippen LogP contribution in [0.25, 0.3) is 0 Å². The zero-order valence-electron chi connectivity index (χ0n) is 7.88. The molecule has 0 amide bonds. The van der Waals surface area contributed by atoms with E-state index in [-0.39, 0.29) is 0 Å². The number of rotatable bonds is 4. The van der Waals surface area contributed by atoms with E-state index in [9.17, 15) is 0 Å². The molecule has 12 heavy (non-hydrogen) atoms. The molecular formula is C10H18OSi. The second-order valence-corrected chi connectivity index (χ2v) is 7.61. The third-order valence-electron chi connectivity index (χ3n) is 2.66. The Morgan fingerprint density at radius 1 is 1.58 bits per heavy atom. The lowest BCUT2D eigenvalue weighted by Gasteiger charge is -2.30. The van der Waals surface area contributed by atoms with Crippen LogP contribution >= 0.6 is 0 Å². The maximum atomic E-state index is 5.72. The van der Waals surface area contributed by atoms with E-state index in [2.05, 4.69) is 18.7 Å². The largest absolute Gasteiger partial charge is 0.420 e. The summed E-state index contributed by atoms with van der Waals surface area (Å²) in [5.41, 5.74) is 0. The van der Waals surface area contributed by atoms with E-state index in [1.807, 2.05) is 13.2 Å². The zero-order chi connectivity index (χ0) is 8.86. The fourth-order valence-corrected chi connectivity index (χ4v) is 5.00. The van der Waals surface area contributed by atoms with Gasteiger partial charge in [0.1, 0.15) is 0 Å². The van der Waals surface area contributed by atoms with Crippen molar-refractivity contribution in [1.29, 1.82) is 0 Å². The Labute approximate surface area is 76.3 Å². The van der Waals surface area contributed by atoms with Gasteiger partial charge in [-0.1, -0.05) is 18.2 Å². The summed E-state index contributed by atoms with van der Waals surface area (Å²) in [6, 6.07) is 3.75. The summed E-state index contributed by atoms with van der Waals surface area (Å²) in [5.74, 6) is 0. The molecule has 68 valence electrons. The van der Waals surface area contributed by atoms with Crippen LogP contribution < -0.4 is 0 Å². The van der Waals surface area contributed by atoms with Gasteiger partial charge in [-0.05, 0) is 31.0 Å². The molecule has 0 bridgehead atoms. The van der Waals surface area contributed by atoms with Gasteiger partial charge in [0.15, 0.2) is 8.32 Å². The van der Waals surface area contributed by atoms with Crippen LogP contribution in [0.5, 0.6) is 0 Å². The van der Waals surface area contributed by atoms with E-state index >= 15 is 0 Å². The van der Waals surface area contributed by atoms with Crippen molar-refractivity contribution < 1.29 is 4.43 Å². The lowest BCUT2D eigenvalue weighted by Crippen LogP contribution is -2.37. The van der Waals surface area contributed by atoms with Crippen molar-refractivity contribution in [3.05, 3.63) is 24.8 Å². The fourth-order valence-electron chi connectivity index (χ4n) is 1.74. The van der Waals surface area contributed by atoms with Crippen molar-refractivity contribution in [2.75, 3.05) is 7.11 Å². The Bertz CT molecular complexity index is 177. The first-order chi connectivity index (χ1) is 5.83. The highest BCUT2D eigenvalue weighted by Crippen LogP contribution is 2.29. The van der Waals surface area contributed by atoms with Crippen LogP contribution in [-0.4, -0.2) is 15.4 Å². The van der Waals surface area contributed by atoms with Gasteiger partial charge in [0.25, 0.3) is 0 Å². The van der Waals surface area contributed by atoms with Crippen LogP contribution in [0.15, 0.2) is 24.8 Å². The summed E-state index contributed by atoms with van der Waals surface area (Å²) in [5, 5.41) is 0. The molecule has 1 rings (SSSR count). The molecule has 1 aliphatic rings. The van der Waals surface area contributed by atoms with Gasteiger partial charge < -0.3 is 4.43 Å². The van der Waals surface area contributed by atoms with E-state index in [1.54, 1.807) is 0 Å². The standard InChI is InChI=1S/C10H18OSi/c1-3-4-8-12(11-2)9-6-5-7-10-12/h3,5-6H,1,4,7-10H2,2H3. The molecule has 0 aliphatic carbocycles. The molecule has 0 N–H and O–H groups in total. The highest BCUT2D eigenvalue weighted by molar-refractivity contribution is 6.74. The Morgan fingerprint density at radius 3 is 2.92 bits per heavy atom. The number of allylic oxidation sites excluding steroid dienone is 3. The van der Waals surface area contributed by atoms with Gasteiger partial charge in [-0.3, -0.25) is 0 Å². The number of hydrogen-bond donors (Lipinski definition) is 0. The molecule has 1 aliphatic heterocycles. The van der Waals surface area contributed by atoms with E-state index in [4.69, 9.17) is 4.43 Å². The molecule has 0 saturated heterocycles. The summed E-state index contributed by atoms with van der Waals surface area (Å²) in [6.45, 7) is 3.76. The number of hydrogen-bond acceptors (Lipinski definition) is 1. The molecule has 1 nitrogen and oxygen atoms in total. The Balaban J connectivity index is 2.49. The molecule has 0 aromatic heterocycles. The molecule has 1 heterocycles. The second-order valence-electron chi connectivity index (χ2n) is 3.43. The Morgan fingerprint density at radius 2 is 2.42 bits per heavy atom. The van der Waals surface area contributed by atoms with Gasteiger partial charge in [-0.15, -0.1) is 6.58 Å². The van der Waals surface area contributed by atoms with E-state index in [1.165, 1.54) is 24.6 Å². The predicted octanol–water partition coefficient (Wildman–Crippen LogP) is 3.11. The molecule has 0 spiro atoms. The normalized spacial score (nSPS) is 28.8. The minimum absolute atomic E-state index is 1.12. The summed E-state index contributed by atoms with van der Waals surface area (Å²) < 4.78 is 5.72. The van der Waals surface area contributed by atoms with Crippen molar-refractivity contribution in [1.82, 2.24) is 0 Å². The van der Waals surface area contributed by atoms with Crippen LogP contribution in [-0.2, 0) is 4.43 Å². The topological polar surface area (TPSA) is 9.23 Å². The Kier molecular flexibility index (Phi) is 3.76. The quantitative estimate of drug-likeness (QED) is 0.479. The monoisotopic (exact) mass is 182 g/mol. The highest BCUT2D eigenvalue weighted by Gasteiger charge is 2.32. The van der Waals surface area contributed by atoms with Gasteiger partial charge >= 0.3 is 0 Å². The summed E-state index contributed by atoms with van der Waals surface area (Å²) in [6.07, 6.45) is 8.91. The molecule has 0 radical (unpaired) electrons. The smallest absolute Gasteiger partial charge is 0.196 e. The van der Waals surface area contributed by atoms with E-state index in [0.717, 1.165) is 6.42 Å². The maximum Gasteiger partial charge on any atom is 0.196 e. The van der Waals surface area contributed by atoms with Gasteiger partial charge in [0.05, 0.1) is 0 Å². The molecule has 0 saturated carbocycles. The van der Waals surface area contributed by atoms with Gasteiger partial charge in [-0.25, -0.2) is 0 Å². The van der Waals surface area contributed by atoms with Crippen molar-refractivity contribution >= 4 is 8.32 Å². The first-order valence-electron chi connectivity index (χ1n) is 4.64. The lowest BCUT2D eigenvalue weighted by molar-refractivity contribution is 0.391. The van der Waals surface area contributed by atoms with Crippen molar-refractivity contribution in [3.63, 3.8) is 0 Å². The first kappa shape index (κ1) is 9.74. The fraction of sp³-hybridized carbons (Fsp3) is 0.600. The third-order valence-corrected chi connectivity index (χ3v) is 6.91. The van der Waals surface area contributed by atoms with E-state index in [0.29, 0.717) is 0 Å². The Hall–Kier alpha value is -0.343. The molecule has 2 heteroatoms. The summed E-state index contributed by atoms with van der Waals surface area (Å²) >= 11 is 0. The van der Waals surface area contributed by atoms with Crippen molar-refractivity contribution in [2.24, 2.45) is 0 Å². The molecule has 0 aromatic rings. The highest BCUT2D eigenvalue weighted by atomic mass is 28.4. The van der Waals surface area contributed by atoms with Crippen LogP contribution in [0.2, 0.25) is 18.1 Å². The van der Waals surface area contributed by atoms with Crippen LogP contribution in [0, 0.1) is 0 Å². The van der Waals surface area contributed by atoms with Crippen molar-refractivity contribution in [3.8, 4) is 0 Å². The van der Waals surface area contributed by atoms with Gasteiger partial charge in [-0.2, -0.15) is 0 Å². The third kappa shape index (κ3) is 2.32. The van der Waals surface area contributed by atoms with E-state index < -0.39 is 8.32 Å². The van der Waals surface area contributed by atoms with Crippen LogP contribution in [0.1, 0.15) is 12.8 Å². The van der Waals surface area contributed by atoms with Crippen molar-refractivity contribution in [2.45, 2.75) is 31.0 Å². The molecule has 1 atom stereocenters. The second kappa shape index (κ2) is 4.63. The van der Waals surface area contributed by atoms with Crippen LogP contribution in [0.4, 0.5) is 0 Å². The van der Waals surface area contributed by atoms with Gasteiger partial charge in [0.2, 0.25) is 0 Å². The minimum Gasteiger partial charge on any atom is -0.420 e. The molecule has 0 aromatic carbocycles. The minimum atomic E-state index is -1.34. The average molecular weight is 182 g/mol. The van der Waals surface area contributed by atoms with Crippen LogP contribution in [0.3, 0.4) is 0 Å². The SMILES string of the molecule is C=CCC[Si]1(OC)CC=CCC1. The summed E-state index contributed by atoms with van der Waals surface area (Å²) in [7, 11) is 0.548. The molecular weight excluding hydrogens is 164 g/mol.